The first-order chi connectivity index (χ1) is 9.99. The number of amides is 1. The van der Waals surface area contributed by atoms with Crippen LogP contribution in [0.25, 0.3) is 0 Å². The summed E-state index contributed by atoms with van der Waals surface area (Å²) in [7, 11) is 1.89. The smallest absolute Gasteiger partial charge is 0.260 e. The van der Waals surface area contributed by atoms with Gasteiger partial charge in [-0.25, -0.2) is 0 Å². The van der Waals surface area contributed by atoms with E-state index in [4.69, 9.17) is 4.74 Å². The van der Waals surface area contributed by atoms with Crippen molar-refractivity contribution < 1.29 is 9.53 Å². The minimum Gasteiger partial charge on any atom is -0.483 e. The number of carbonyl (C=O) groups excluding carboxylic acids is 1. The monoisotopic (exact) mass is 353 g/mol. The maximum atomic E-state index is 12.2. The number of rotatable bonds is 5. The van der Waals surface area contributed by atoms with Crippen LogP contribution in [0.2, 0.25) is 0 Å². The Morgan fingerprint density at radius 2 is 2.05 bits per heavy atom. The van der Waals surface area contributed by atoms with Crippen molar-refractivity contribution in [1.82, 2.24) is 4.90 Å². The van der Waals surface area contributed by atoms with Crippen LogP contribution < -0.4 is 4.74 Å². The highest BCUT2D eigenvalue weighted by Crippen LogP contribution is 2.29. The molecule has 0 aliphatic heterocycles. The summed E-state index contributed by atoms with van der Waals surface area (Å²) in [5.41, 5.74) is 1.25. The molecule has 0 heterocycles. The molecule has 1 saturated carbocycles. The van der Waals surface area contributed by atoms with Crippen LogP contribution in [0.15, 0.2) is 22.7 Å². The van der Waals surface area contributed by atoms with Gasteiger partial charge in [0, 0.05) is 13.1 Å². The molecule has 0 aromatic heterocycles. The van der Waals surface area contributed by atoms with Gasteiger partial charge in [-0.2, -0.15) is 0 Å². The molecule has 0 unspecified atom stereocenters. The molecule has 1 aliphatic carbocycles. The highest BCUT2D eigenvalue weighted by atomic mass is 79.9. The van der Waals surface area contributed by atoms with Gasteiger partial charge in [0.2, 0.25) is 0 Å². The van der Waals surface area contributed by atoms with E-state index >= 15 is 0 Å². The van der Waals surface area contributed by atoms with Crippen LogP contribution in [0.1, 0.15) is 51.0 Å². The molecule has 1 aromatic rings. The van der Waals surface area contributed by atoms with Crippen LogP contribution in [0.5, 0.6) is 5.75 Å². The SMILES string of the molecule is CC(C)c1ccc(OCC(=O)N(C)C2CCCC2)c(Br)c1. The second kappa shape index (κ2) is 7.30. The molecular weight excluding hydrogens is 330 g/mol. The summed E-state index contributed by atoms with van der Waals surface area (Å²) in [5, 5.41) is 0. The Hall–Kier alpha value is -1.03. The third kappa shape index (κ3) is 4.22. The van der Waals surface area contributed by atoms with Crippen molar-refractivity contribution in [3.05, 3.63) is 28.2 Å². The van der Waals surface area contributed by atoms with Crippen LogP contribution in [-0.4, -0.2) is 30.5 Å². The van der Waals surface area contributed by atoms with Crippen molar-refractivity contribution in [3.8, 4) is 5.75 Å². The lowest BCUT2D eigenvalue weighted by Crippen LogP contribution is -2.38. The molecule has 116 valence electrons. The largest absolute Gasteiger partial charge is 0.483 e. The van der Waals surface area contributed by atoms with E-state index in [1.165, 1.54) is 18.4 Å². The van der Waals surface area contributed by atoms with Gasteiger partial charge in [-0.1, -0.05) is 32.8 Å². The number of carbonyl (C=O) groups is 1. The normalized spacial score (nSPS) is 15.5. The average Bonchev–Trinajstić information content (AvgIpc) is 2.98. The van der Waals surface area contributed by atoms with E-state index < -0.39 is 0 Å². The van der Waals surface area contributed by atoms with E-state index in [1.807, 2.05) is 18.0 Å². The van der Waals surface area contributed by atoms with Crippen molar-refractivity contribution in [2.45, 2.75) is 51.5 Å². The van der Waals surface area contributed by atoms with E-state index in [-0.39, 0.29) is 12.5 Å². The quantitative estimate of drug-likeness (QED) is 0.787. The lowest BCUT2D eigenvalue weighted by Gasteiger charge is -2.24. The van der Waals surface area contributed by atoms with Crippen molar-refractivity contribution >= 4 is 21.8 Å². The highest BCUT2D eigenvalue weighted by molar-refractivity contribution is 9.10. The molecule has 1 aliphatic rings. The zero-order valence-electron chi connectivity index (χ0n) is 13.1. The fourth-order valence-electron chi connectivity index (χ4n) is 2.73. The molecule has 0 spiro atoms. The fraction of sp³-hybridized carbons (Fsp3) is 0.588. The maximum absolute atomic E-state index is 12.2. The number of nitrogens with zero attached hydrogens (tertiary/aromatic N) is 1. The molecule has 1 aromatic carbocycles. The molecule has 1 fully saturated rings. The third-order valence-electron chi connectivity index (χ3n) is 4.24. The second-order valence-corrected chi connectivity index (χ2v) is 6.93. The van der Waals surface area contributed by atoms with E-state index in [1.54, 1.807) is 0 Å². The number of likely N-dealkylation sites (N-methyl/N-ethyl adjacent to an activating group) is 1. The lowest BCUT2D eigenvalue weighted by molar-refractivity contribution is -0.134. The number of hydrogen-bond donors (Lipinski definition) is 0. The van der Waals surface area contributed by atoms with Crippen molar-refractivity contribution in [1.29, 1.82) is 0 Å². The van der Waals surface area contributed by atoms with Gasteiger partial charge in [0.05, 0.1) is 4.47 Å². The van der Waals surface area contributed by atoms with Gasteiger partial charge in [-0.3, -0.25) is 4.79 Å². The first-order valence-corrected chi connectivity index (χ1v) is 8.46. The molecule has 0 atom stereocenters. The van der Waals surface area contributed by atoms with Crippen molar-refractivity contribution in [2.24, 2.45) is 0 Å². The molecule has 3 nitrogen and oxygen atoms in total. The first kappa shape index (κ1) is 16.3. The Labute approximate surface area is 135 Å². The highest BCUT2D eigenvalue weighted by Gasteiger charge is 2.23. The zero-order valence-corrected chi connectivity index (χ0v) is 14.6. The molecule has 0 saturated heterocycles. The summed E-state index contributed by atoms with van der Waals surface area (Å²) >= 11 is 3.52. The second-order valence-electron chi connectivity index (χ2n) is 6.08. The summed E-state index contributed by atoms with van der Waals surface area (Å²) in [6.07, 6.45) is 4.70. The number of halogens is 1. The molecule has 4 heteroatoms. The standard InChI is InChI=1S/C17H24BrNO2/c1-12(2)13-8-9-16(15(18)10-13)21-11-17(20)19(3)14-6-4-5-7-14/h8-10,12,14H,4-7,11H2,1-3H3. The predicted molar refractivity (Wildman–Crippen MR) is 88.8 cm³/mol. The lowest BCUT2D eigenvalue weighted by atomic mass is 10.0. The van der Waals surface area contributed by atoms with Crippen LogP contribution in [0.3, 0.4) is 0 Å². The van der Waals surface area contributed by atoms with Crippen LogP contribution in [0.4, 0.5) is 0 Å². The minimum atomic E-state index is 0.0572. The zero-order chi connectivity index (χ0) is 15.4. The summed E-state index contributed by atoms with van der Waals surface area (Å²) in [5.74, 6) is 1.26. The number of hydrogen-bond acceptors (Lipinski definition) is 2. The first-order valence-electron chi connectivity index (χ1n) is 7.67. The molecule has 0 N–H and O–H groups in total. The molecule has 0 radical (unpaired) electrons. The van der Waals surface area contributed by atoms with Gasteiger partial charge in [0.15, 0.2) is 6.61 Å². The fourth-order valence-corrected chi connectivity index (χ4v) is 3.24. The Kier molecular flexibility index (Phi) is 5.68. The Bertz CT molecular complexity index is 496. The third-order valence-corrected chi connectivity index (χ3v) is 4.86. The predicted octanol–water partition coefficient (Wildman–Crippen LogP) is 4.35. The van der Waals surface area contributed by atoms with Crippen molar-refractivity contribution in [2.75, 3.05) is 13.7 Å². The average molecular weight is 354 g/mol. The van der Waals surface area contributed by atoms with Crippen LogP contribution in [-0.2, 0) is 4.79 Å². The summed E-state index contributed by atoms with van der Waals surface area (Å²) in [6.45, 7) is 4.41. The molecular formula is C17H24BrNO2. The molecule has 1 amide bonds. The Morgan fingerprint density at radius 1 is 1.38 bits per heavy atom. The van der Waals surface area contributed by atoms with Gasteiger partial charge in [0.25, 0.3) is 5.91 Å². The molecule has 21 heavy (non-hydrogen) atoms. The Balaban J connectivity index is 1.91. The van der Waals surface area contributed by atoms with Crippen molar-refractivity contribution in [3.63, 3.8) is 0 Å². The van der Waals surface area contributed by atoms with E-state index in [0.717, 1.165) is 23.1 Å². The Morgan fingerprint density at radius 3 is 2.62 bits per heavy atom. The van der Waals surface area contributed by atoms with Gasteiger partial charge in [0.1, 0.15) is 5.75 Å². The van der Waals surface area contributed by atoms with Crippen LogP contribution >= 0.6 is 15.9 Å². The van der Waals surface area contributed by atoms with E-state index in [2.05, 4.69) is 41.9 Å². The summed E-state index contributed by atoms with van der Waals surface area (Å²) < 4.78 is 6.58. The molecule has 2 rings (SSSR count). The van der Waals surface area contributed by atoms with Gasteiger partial charge in [-0.05, 0) is 52.4 Å². The minimum absolute atomic E-state index is 0.0572. The van der Waals surface area contributed by atoms with Gasteiger partial charge >= 0.3 is 0 Å². The topological polar surface area (TPSA) is 29.5 Å². The number of ether oxygens (including phenoxy) is 1. The summed E-state index contributed by atoms with van der Waals surface area (Å²) in [6, 6.07) is 6.44. The molecule has 0 bridgehead atoms. The van der Waals surface area contributed by atoms with Gasteiger partial charge in [-0.15, -0.1) is 0 Å². The summed E-state index contributed by atoms with van der Waals surface area (Å²) in [4.78, 5) is 14.0. The van der Waals surface area contributed by atoms with Gasteiger partial charge < -0.3 is 9.64 Å². The maximum Gasteiger partial charge on any atom is 0.260 e. The van der Waals surface area contributed by atoms with E-state index in [0.29, 0.717) is 12.0 Å². The van der Waals surface area contributed by atoms with E-state index in [9.17, 15) is 4.79 Å². The van der Waals surface area contributed by atoms with Crippen LogP contribution in [0, 0.1) is 0 Å². The number of benzene rings is 1.